The molecule has 1 nitrogen and oxygen atoms in total. The summed E-state index contributed by atoms with van der Waals surface area (Å²) in [6, 6.07) is 0. The molecular formula is C4H3F7O. The Kier molecular flexibility index (Phi) is 3.75. The Balaban J connectivity index is 4.40. The molecule has 0 aliphatic rings. The van der Waals surface area contributed by atoms with E-state index in [2.05, 4.69) is 4.74 Å². The van der Waals surface area contributed by atoms with Crippen LogP contribution < -0.4 is 0 Å². The molecule has 0 amide bonds. The van der Waals surface area contributed by atoms with Crippen molar-refractivity contribution in [3.8, 4) is 0 Å². The summed E-state index contributed by atoms with van der Waals surface area (Å²) in [5.41, 5.74) is 0. The number of alkyl halides is 7. The summed E-state index contributed by atoms with van der Waals surface area (Å²) < 4.78 is 82.3. The molecule has 0 radical (unpaired) electrons. The molecule has 8 heteroatoms. The molecule has 0 rings (SSSR count). The monoisotopic (exact) mass is 200 g/mol. The van der Waals surface area contributed by atoms with Crippen molar-refractivity contribution in [3.63, 3.8) is 0 Å². The molecular weight excluding hydrogens is 197 g/mol. The molecule has 12 heavy (non-hydrogen) atoms. The lowest BCUT2D eigenvalue weighted by molar-refractivity contribution is -0.339. The molecule has 0 heterocycles. The lowest BCUT2D eigenvalue weighted by Crippen LogP contribution is -2.44. The Morgan fingerprint density at radius 2 is 1.17 bits per heavy atom. The Hall–Kier alpha value is -0.530. The van der Waals surface area contributed by atoms with Crippen molar-refractivity contribution in [3.05, 3.63) is 0 Å². The molecule has 0 aliphatic heterocycles. The predicted octanol–water partition coefficient (Wildman–Crippen LogP) is 2.42. The van der Waals surface area contributed by atoms with Crippen molar-refractivity contribution >= 4 is 0 Å². The zero-order valence-corrected chi connectivity index (χ0v) is 5.29. The standard InChI is InChI=1S/C4H3F7O/c5-1(6)4(11,2(7)8)12-3(9)10/h1-3H. The highest BCUT2D eigenvalue weighted by molar-refractivity contribution is 4.73. The molecule has 0 aliphatic carbocycles. The van der Waals surface area contributed by atoms with E-state index in [9.17, 15) is 30.7 Å². The Morgan fingerprint density at radius 1 is 0.833 bits per heavy atom. The fourth-order valence-corrected chi connectivity index (χ4v) is 0.335. The molecule has 0 aromatic heterocycles. The van der Waals surface area contributed by atoms with Crippen LogP contribution in [-0.2, 0) is 4.74 Å². The van der Waals surface area contributed by atoms with Crippen LogP contribution in [0, 0.1) is 0 Å². The highest BCUT2D eigenvalue weighted by Crippen LogP contribution is 2.31. The second-order valence-corrected chi connectivity index (χ2v) is 1.68. The summed E-state index contributed by atoms with van der Waals surface area (Å²) in [7, 11) is 0. The summed E-state index contributed by atoms with van der Waals surface area (Å²) in [5, 5.41) is 0. The zero-order valence-electron chi connectivity index (χ0n) is 5.29. The molecule has 0 N–H and O–H groups in total. The first kappa shape index (κ1) is 11.5. The van der Waals surface area contributed by atoms with E-state index in [1.54, 1.807) is 0 Å². The molecule has 0 aromatic rings. The van der Waals surface area contributed by atoms with E-state index in [0.717, 1.165) is 0 Å². The summed E-state index contributed by atoms with van der Waals surface area (Å²) in [6.07, 6.45) is -8.65. The van der Waals surface area contributed by atoms with Gasteiger partial charge in [-0.2, -0.15) is 13.2 Å². The summed E-state index contributed by atoms with van der Waals surface area (Å²) in [5.74, 6) is -4.89. The molecule has 0 unspecified atom stereocenters. The van der Waals surface area contributed by atoms with E-state index in [1.165, 1.54) is 0 Å². The maximum atomic E-state index is 12.1. The third-order valence-corrected chi connectivity index (χ3v) is 0.865. The summed E-state index contributed by atoms with van der Waals surface area (Å²) in [6.45, 7) is -4.02. The van der Waals surface area contributed by atoms with Gasteiger partial charge in [0.1, 0.15) is 0 Å². The third kappa shape index (κ3) is 2.50. The van der Waals surface area contributed by atoms with Gasteiger partial charge in [-0.3, -0.25) is 4.74 Å². The maximum Gasteiger partial charge on any atom is 0.348 e. The predicted molar refractivity (Wildman–Crippen MR) is 22.9 cm³/mol. The van der Waals surface area contributed by atoms with Crippen LogP contribution in [0.1, 0.15) is 0 Å². The first-order valence-electron chi connectivity index (χ1n) is 2.52. The summed E-state index contributed by atoms with van der Waals surface area (Å²) >= 11 is 0. The third-order valence-electron chi connectivity index (χ3n) is 0.865. The number of ether oxygens (including phenoxy) is 1. The summed E-state index contributed by atoms with van der Waals surface area (Å²) in [4.78, 5) is 0. The van der Waals surface area contributed by atoms with Crippen LogP contribution in [0.4, 0.5) is 30.7 Å². The first-order chi connectivity index (χ1) is 5.30. The van der Waals surface area contributed by atoms with Gasteiger partial charge in [-0.05, 0) is 0 Å². The van der Waals surface area contributed by atoms with Gasteiger partial charge in [-0.15, -0.1) is 0 Å². The molecule has 0 fully saturated rings. The number of halogens is 7. The second kappa shape index (κ2) is 3.92. The van der Waals surface area contributed by atoms with Gasteiger partial charge in [0.15, 0.2) is 0 Å². The van der Waals surface area contributed by atoms with E-state index in [0.29, 0.717) is 0 Å². The Labute approximate surface area is 62.1 Å². The highest BCUT2D eigenvalue weighted by atomic mass is 19.3. The minimum absolute atomic E-state index is 2.46. The van der Waals surface area contributed by atoms with Gasteiger partial charge >= 0.3 is 25.3 Å². The minimum atomic E-state index is -4.89. The molecule has 0 atom stereocenters. The van der Waals surface area contributed by atoms with Crippen LogP contribution in [0.25, 0.3) is 0 Å². The number of hydrogen-bond donors (Lipinski definition) is 0. The van der Waals surface area contributed by atoms with Gasteiger partial charge in [-0.25, -0.2) is 17.6 Å². The molecule has 74 valence electrons. The number of rotatable bonds is 4. The van der Waals surface area contributed by atoms with Gasteiger partial charge in [0.05, 0.1) is 0 Å². The SMILES string of the molecule is FC(F)OC(F)(C(F)F)C(F)F. The molecule has 0 aromatic carbocycles. The molecule has 0 saturated heterocycles. The van der Waals surface area contributed by atoms with Crippen molar-refractivity contribution < 1.29 is 35.5 Å². The van der Waals surface area contributed by atoms with E-state index >= 15 is 0 Å². The average Bonchev–Trinajstić information content (AvgIpc) is 1.84. The molecule has 0 saturated carbocycles. The van der Waals surface area contributed by atoms with Crippen LogP contribution in [0.3, 0.4) is 0 Å². The smallest absolute Gasteiger partial charge is 0.275 e. The van der Waals surface area contributed by atoms with Crippen molar-refractivity contribution in [1.29, 1.82) is 0 Å². The highest BCUT2D eigenvalue weighted by Gasteiger charge is 2.53. The zero-order chi connectivity index (χ0) is 9.94. The molecule has 0 spiro atoms. The van der Waals surface area contributed by atoms with Crippen LogP contribution >= 0.6 is 0 Å². The van der Waals surface area contributed by atoms with E-state index in [1.807, 2.05) is 0 Å². The normalized spacial score (nSPS) is 13.5. The lowest BCUT2D eigenvalue weighted by Gasteiger charge is -2.22. The Bertz CT molecular complexity index is 127. The van der Waals surface area contributed by atoms with Crippen molar-refractivity contribution in [1.82, 2.24) is 0 Å². The fraction of sp³-hybridized carbons (Fsp3) is 1.00. The first-order valence-corrected chi connectivity index (χ1v) is 2.52. The van der Waals surface area contributed by atoms with Crippen LogP contribution in [0.5, 0.6) is 0 Å². The van der Waals surface area contributed by atoms with Crippen molar-refractivity contribution in [2.45, 2.75) is 25.3 Å². The van der Waals surface area contributed by atoms with E-state index in [4.69, 9.17) is 0 Å². The quantitative estimate of drug-likeness (QED) is 0.633. The van der Waals surface area contributed by atoms with Crippen molar-refractivity contribution in [2.75, 3.05) is 0 Å². The minimum Gasteiger partial charge on any atom is -0.275 e. The van der Waals surface area contributed by atoms with Gasteiger partial charge in [-0.1, -0.05) is 0 Å². The van der Waals surface area contributed by atoms with Crippen LogP contribution in [-0.4, -0.2) is 25.3 Å². The van der Waals surface area contributed by atoms with Gasteiger partial charge in [0.25, 0.3) is 0 Å². The van der Waals surface area contributed by atoms with Crippen molar-refractivity contribution in [2.24, 2.45) is 0 Å². The Morgan fingerprint density at radius 3 is 1.25 bits per heavy atom. The topological polar surface area (TPSA) is 9.23 Å². The van der Waals surface area contributed by atoms with E-state index in [-0.39, 0.29) is 0 Å². The van der Waals surface area contributed by atoms with Gasteiger partial charge < -0.3 is 0 Å². The lowest BCUT2D eigenvalue weighted by atomic mass is 10.3. The van der Waals surface area contributed by atoms with Crippen LogP contribution in [0.2, 0.25) is 0 Å². The van der Waals surface area contributed by atoms with Gasteiger partial charge in [0.2, 0.25) is 0 Å². The molecule has 0 bridgehead atoms. The fourth-order valence-electron chi connectivity index (χ4n) is 0.335. The van der Waals surface area contributed by atoms with E-state index < -0.39 is 25.3 Å². The largest absolute Gasteiger partial charge is 0.348 e. The average molecular weight is 200 g/mol. The number of hydrogen-bond acceptors (Lipinski definition) is 1. The van der Waals surface area contributed by atoms with Crippen LogP contribution in [0.15, 0.2) is 0 Å². The van der Waals surface area contributed by atoms with Gasteiger partial charge in [0, 0.05) is 0 Å². The maximum absolute atomic E-state index is 12.1. The second-order valence-electron chi connectivity index (χ2n) is 1.68.